The highest BCUT2D eigenvalue weighted by Crippen LogP contribution is 2.17. The highest BCUT2D eigenvalue weighted by molar-refractivity contribution is 4.82. The van der Waals surface area contributed by atoms with Crippen molar-refractivity contribution in [3.63, 3.8) is 0 Å². The highest BCUT2D eigenvalue weighted by atomic mass is 16.5. The summed E-state index contributed by atoms with van der Waals surface area (Å²) < 4.78 is 5.37. The van der Waals surface area contributed by atoms with E-state index in [1.54, 1.807) is 0 Å². The second kappa shape index (κ2) is 9.46. The van der Waals surface area contributed by atoms with E-state index in [9.17, 15) is 5.11 Å². The summed E-state index contributed by atoms with van der Waals surface area (Å²) in [7, 11) is 2.28. The quantitative estimate of drug-likeness (QED) is 0.721. The standard InChI is InChI=1S/C18H36N4O2/c1-19-5-3-2-4-17(19)14-20-6-8-21(9-7-20)15-18(23)16-22-10-12-24-13-11-22/h17-18,23H,2-16H2,1H3. The molecule has 3 fully saturated rings. The fourth-order valence-electron chi connectivity index (χ4n) is 4.26. The maximum atomic E-state index is 10.4. The van der Waals surface area contributed by atoms with E-state index >= 15 is 0 Å². The van der Waals surface area contributed by atoms with Crippen molar-refractivity contribution in [2.24, 2.45) is 0 Å². The van der Waals surface area contributed by atoms with Gasteiger partial charge >= 0.3 is 0 Å². The summed E-state index contributed by atoms with van der Waals surface area (Å²) in [5.74, 6) is 0. The minimum Gasteiger partial charge on any atom is -0.390 e. The Kier molecular flexibility index (Phi) is 7.31. The van der Waals surface area contributed by atoms with Gasteiger partial charge in [0.2, 0.25) is 0 Å². The Morgan fingerprint density at radius 1 is 0.875 bits per heavy atom. The van der Waals surface area contributed by atoms with Crippen LogP contribution in [-0.4, -0.2) is 123 Å². The normalized spacial score (nSPS) is 30.5. The fraction of sp³-hybridized carbons (Fsp3) is 1.00. The van der Waals surface area contributed by atoms with Gasteiger partial charge in [0.15, 0.2) is 0 Å². The monoisotopic (exact) mass is 340 g/mol. The Morgan fingerprint density at radius 3 is 2.17 bits per heavy atom. The number of hydrogen-bond donors (Lipinski definition) is 1. The van der Waals surface area contributed by atoms with Crippen LogP contribution in [0.5, 0.6) is 0 Å². The second-order valence-corrected chi connectivity index (χ2v) is 7.80. The molecule has 3 heterocycles. The third kappa shape index (κ3) is 5.64. The summed E-state index contributed by atoms with van der Waals surface area (Å²) >= 11 is 0. The number of rotatable bonds is 6. The average Bonchev–Trinajstić information content (AvgIpc) is 2.59. The van der Waals surface area contributed by atoms with Crippen LogP contribution < -0.4 is 0 Å². The minimum atomic E-state index is -0.237. The molecular weight excluding hydrogens is 304 g/mol. The Hall–Kier alpha value is -0.240. The summed E-state index contributed by atoms with van der Waals surface area (Å²) in [6.07, 6.45) is 3.87. The van der Waals surface area contributed by atoms with Gasteiger partial charge < -0.3 is 14.7 Å². The zero-order chi connectivity index (χ0) is 16.8. The molecule has 0 aromatic carbocycles. The molecule has 1 N–H and O–H groups in total. The van der Waals surface area contributed by atoms with E-state index in [-0.39, 0.29) is 6.10 Å². The van der Waals surface area contributed by atoms with Crippen LogP contribution in [0.4, 0.5) is 0 Å². The first-order chi connectivity index (χ1) is 11.7. The third-order valence-electron chi connectivity index (χ3n) is 5.90. The molecule has 3 saturated heterocycles. The first-order valence-electron chi connectivity index (χ1n) is 9.84. The van der Waals surface area contributed by atoms with E-state index in [0.29, 0.717) is 0 Å². The van der Waals surface area contributed by atoms with Crippen LogP contribution in [0, 0.1) is 0 Å². The molecule has 0 spiro atoms. The average molecular weight is 341 g/mol. The van der Waals surface area contributed by atoms with E-state index in [1.807, 2.05) is 0 Å². The van der Waals surface area contributed by atoms with Crippen LogP contribution in [0.25, 0.3) is 0 Å². The number of likely N-dealkylation sites (N-methyl/N-ethyl adjacent to an activating group) is 1. The third-order valence-corrected chi connectivity index (χ3v) is 5.90. The molecule has 140 valence electrons. The lowest BCUT2D eigenvalue weighted by molar-refractivity contribution is 0.00109. The number of ether oxygens (including phenoxy) is 1. The van der Waals surface area contributed by atoms with Gasteiger partial charge in [0.1, 0.15) is 0 Å². The molecule has 0 aromatic heterocycles. The Labute approximate surface area is 147 Å². The Balaban J connectivity index is 1.32. The number of aliphatic hydroxyl groups excluding tert-OH is 1. The van der Waals surface area contributed by atoms with Crippen LogP contribution >= 0.6 is 0 Å². The molecule has 0 amide bonds. The number of aliphatic hydroxyl groups is 1. The number of β-amino-alcohol motifs (C(OH)–C–C–N with tert-alkyl or cyclic N) is 1. The van der Waals surface area contributed by atoms with Crippen LogP contribution in [-0.2, 0) is 4.74 Å². The Bertz CT molecular complexity index is 357. The van der Waals surface area contributed by atoms with Gasteiger partial charge in [-0.1, -0.05) is 6.42 Å². The van der Waals surface area contributed by atoms with Gasteiger partial charge in [-0.05, 0) is 26.4 Å². The van der Waals surface area contributed by atoms with E-state index in [4.69, 9.17) is 4.74 Å². The summed E-state index contributed by atoms with van der Waals surface area (Å²) in [6.45, 7) is 12.1. The van der Waals surface area contributed by atoms with Crippen molar-refractivity contribution in [2.75, 3.05) is 85.7 Å². The summed E-state index contributed by atoms with van der Waals surface area (Å²) in [5, 5.41) is 10.4. The van der Waals surface area contributed by atoms with Gasteiger partial charge in [-0.15, -0.1) is 0 Å². The molecule has 0 aliphatic carbocycles. The molecule has 3 aliphatic rings. The summed E-state index contributed by atoms with van der Waals surface area (Å²) in [5.41, 5.74) is 0. The molecular formula is C18H36N4O2. The molecule has 0 radical (unpaired) electrons. The van der Waals surface area contributed by atoms with E-state index < -0.39 is 0 Å². The topological polar surface area (TPSA) is 42.4 Å². The summed E-state index contributed by atoms with van der Waals surface area (Å²) in [6, 6.07) is 0.747. The van der Waals surface area contributed by atoms with Crippen molar-refractivity contribution in [1.29, 1.82) is 0 Å². The molecule has 2 atom stereocenters. The minimum absolute atomic E-state index is 0.237. The zero-order valence-electron chi connectivity index (χ0n) is 15.4. The van der Waals surface area contributed by atoms with Crippen molar-refractivity contribution in [1.82, 2.24) is 19.6 Å². The number of nitrogens with zero attached hydrogens (tertiary/aromatic N) is 4. The van der Waals surface area contributed by atoms with Crippen molar-refractivity contribution >= 4 is 0 Å². The maximum absolute atomic E-state index is 10.4. The van der Waals surface area contributed by atoms with E-state index in [0.717, 1.165) is 71.6 Å². The predicted octanol–water partition coefficient (Wildman–Crippen LogP) is -0.219. The number of morpholine rings is 1. The SMILES string of the molecule is CN1CCCCC1CN1CCN(CC(O)CN2CCOCC2)CC1. The predicted molar refractivity (Wildman–Crippen MR) is 96.4 cm³/mol. The zero-order valence-corrected chi connectivity index (χ0v) is 15.4. The second-order valence-electron chi connectivity index (χ2n) is 7.80. The van der Waals surface area contributed by atoms with Crippen molar-refractivity contribution in [3.05, 3.63) is 0 Å². The van der Waals surface area contributed by atoms with Crippen molar-refractivity contribution < 1.29 is 9.84 Å². The fourth-order valence-corrected chi connectivity index (χ4v) is 4.26. The lowest BCUT2D eigenvalue weighted by atomic mass is 10.0. The maximum Gasteiger partial charge on any atom is 0.0793 e. The molecule has 3 rings (SSSR count). The lowest BCUT2D eigenvalue weighted by Gasteiger charge is -2.40. The van der Waals surface area contributed by atoms with E-state index in [1.165, 1.54) is 32.4 Å². The van der Waals surface area contributed by atoms with Gasteiger partial charge in [0.25, 0.3) is 0 Å². The van der Waals surface area contributed by atoms with Crippen LogP contribution in [0.15, 0.2) is 0 Å². The van der Waals surface area contributed by atoms with Crippen molar-refractivity contribution in [3.8, 4) is 0 Å². The number of likely N-dealkylation sites (tertiary alicyclic amines) is 1. The number of piperazine rings is 1. The molecule has 24 heavy (non-hydrogen) atoms. The van der Waals surface area contributed by atoms with Gasteiger partial charge in [-0.3, -0.25) is 14.7 Å². The van der Waals surface area contributed by atoms with E-state index in [2.05, 4.69) is 26.6 Å². The van der Waals surface area contributed by atoms with Gasteiger partial charge in [0.05, 0.1) is 19.3 Å². The molecule has 2 unspecified atom stereocenters. The van der Waals surface area contributed by atoms with Gasteiger partial charge in [-0.25, -0.2) is 0 Å². The van der Waals surface area contributed by atoms with Gasteiger partial charge in [0, 0.05) is 64.9 Å². The molecule has 0 saturated carbocycles. The number of hydrogen-bond acceptors (Lipinski definition) is 6. The molecule has 0 bridgehead atoms. The van der Waals surface area contributed by atoms with Crippen LogP contribution in [0.2, 0.25) is 0 Å². The lowest BCUT2D eigenvalue weighted by Crippen LogP contribution is -2.53. The smallest absolute Gasteiger partial charge is 0.0793 e. The van der Waals surface area contributed by atoms with Crippen LogP contribution in [0.1, 0.15) is 19.3 Å². The first kappa shape index (κ1) is 18.5. The summed E-state index contributed by atoms with van der Waals surface area (Å²) in [4.78, 5) is 9.93. The van der Waals surface area contributed by atoms with Gasteiger partial charge in [-0.2, -0.15) is 0 Å². The number of piperidine rings is 1. The largest absolute Gasteiger partial charge is 0.390 e. The Morgan fingerprint density at radius 2 is 1.50 bits per heavy atom. The first-order valence-corrected chi connectivity index (χ1v) is 9.84. The molecule has 0 aromatic rings. The molecule has 6 heteroatoms. The molecule has 3 aliphatic heterocycles. The van der Waals surface area contributed by atoms with Crippen LogP contribution in [0.3, 0.4) is 0 Å². The molecule has 6 nitrogen and oxygen atoms in total. The highest BCUT2D eigenvalue weighted by Gasteiger charge is 2.25. The van der Waals surface area contributed by atoms with Crippen molar-refractivity contribution in [2.45, 2.75) is 31.4 Å².